The lowest BCUT2D eigenvalue weighted by Gasteiger charge is -2.25. The Labute approximate surface area is 333 Å². The molecule has 0 spiro atoms. The van der Waals surface area contributed by atoms with Crippen LogP contribution < -0.4 is 11.5 Å². The third kappa shape index (κ3) is 15.8. The van der Waals surface area contributed by atoms with Crippen molar-refractivity contribution in [1.29, 1.82) is 0 Å². The van der Waals surface area contributed by atoms with E-state index in [1.807, 2.05) is 0 Å². The van der Waals surface area contributed by atoms with Crippen molar-refractivity contribution < 1.29 is 54.2 Å². The Morgan fingerprint density at radius 2 is 1.00 bits per heavy atom. The molecule has 0 saturated carbocycles. The molecule has 58 heavy (non-hydrogen) atoms. The van der Waals surface area contributed by atoms with Gasteiger partial charge in [0.2, 0.25) is 0 Å². The Morgan fingerprint density at radius 3 is 1.38 bits per heavy atom. The van der Waals surface area contributed by atoms with Crippen LogP contribution in [0.2, 0.25) is 0 Å². The van der Waals surface area contributed by atoms with Crippen molar-refractivity contribution in [1.82, 2.24) is 0 Å². The fourth-order valence-electron chi connectivity index (χ4n) is 5.57. The van der Waals surface area contributed by atoms with Crippen LogP contribution in [0.15, 0.2) is 81.6 Å². The van der Waals surface area contributed by atoms with Crippen molar-refractivity contribution in [3.63, 3.8) is 0 Å². The van der Waals surface area contributed by atoms with E-state index < -0.39 is 46.5 Å². The van der Waals surface area contributed by atoms with Crippen LogP contribution in [0.25, 0.3) is 0 Å². The van der Waals surface area contributed by atoms with Crippen molar-refractivity contribution in [2.75, 3.05) is 13.2 Å². The Kier molecular flexibility index (Phi) is 15.8. The van der Waals surface area contributed by atoms with Crippen LogP contribution in [0, 0.1) is 23.7 Å². The summed E-state index contributed by atoms with van der Waals surface area (Å²) in [6.07, 6.45) is -4.25. The summed E-state index contributed by atoms with van der Waals surface area (Å²) in [5.74, 6) is 11.4. The molecule has 0 amide bonds. The van der Waals surface area contributed by atoms with E-state index in [2.05, 4.69) is 23.7 Å². The van der Waals surface area contributed by atoms with Crippen LogP contribution in [0.1, 0.15) is 97.7 Å². The molecule has 2 atom stereocenters. The van der Waals surface area contributed by atoms with E-state index in [1.165, 1.54) is 12.1 Å². The van der Waals surface area contributed by atoms with Gasteiger partial charge in [-0.1, -0.05) is 48.2 Å². The first kappa shape index (κ1) is 45.3. The number of carbonyl (C=O) groups is 2. The van der Waals surface area contributed by atoms with Gasteiger partial charge in [-0.15, -0.1) is 0 Å². The molecule has 0 aliphatic heterocycles. The highest BCUT2D eigenvalue weighted by Crippen LogP contribution is 2.31. The van der Waals surface area contributed by atoms with Gasteiger partial charge in [0.15, 0.2) is 11.5 Å². The average Bonchev–Trinajstić information content (AvgIpc) is 3.83. The molecule has 0 bridgehead atoms. The lowest BCUT2D eigenvalue weighted by Crippen LogP contribution is -2.45. The zero-order chi connectivity index (χ0) is 42.4. The summed E-state index contributed by atoms with van der Waals surface area (Å²) >= 11 is 0. The van der Waals surface area contributed by atoms with Crippen LogP contribution in [0.3, 0.4) is 0 Å². The highest BCUT2D eigenvalue weighted by Gasteiger charge is 2.31. The lowest BCUT2D eigenvalue weighted by atomic mass is 9.97. The molecule has 0 aliphatic carbocycles. The average molecular weight is 813 g/mol. The first-order chi connectivity index (χ1) is 27.3. The number of rotatable bonds is 16. The van der Waals surface area contributed by atoms with Gasteiger partial charge in [-0.2, -0.15) is 26.3 Å². The lowest BCUT2D eigenvalue weighted by molar-refractivity contribution is -0.169. The fraction of sp³-hybridized carbons (Fsp3) is 0.409. The van der Waals surface area contributed by atoms with Gasteiger partial charge in [0.1, 0.15) is 24.7 Å². The normalized spacial score (nSPS) is 13.6. The van der Waals surface area contributed by atoms with Gasteiger partial charge in [0.05, 0.1) is 11.1 Å². The number of esters is 2. The summed E-state index contributed by atoms with van der Waals surface area (Å²) < 4.78 is 99.2. The molecule has 0 aliphatic rings. The van der Waals surface area contributed by atoms with Crippen LogP contribution >= 0.6 is 0 Å². The maximum atomic E-state index is 12.9. The Bertz CT molecular complexity index is 1960. The Balaban J connectivity index is 1.10. The summed E-state index contributed by atoms with van der Waals surface area (Å²) in [5.41, 5.74) is 10.4. The molecule has 4 aromatic rings. The van der Waals surface area contributed by atoms with Crippen molar-refractivity contribution in [2.24, 2.45) is 11.5 Å². The molecule has 14 heteroatoms. The molecular formula is C44H46F6N2O6. The SMILES string of the molecule is C[C@@](N)(CCc1ccc(C#CCCCc2cccc(C(F)(F)F)c2)o1)COC(=O)C(=O)OC[C@](C)(N)CCc1ccc(C#CCCCc2cccc(C(F)(F)F)c2)o1. The van der Waals surface area contributed by atoms with Gasteiger partial charge in [-0.05, 0) is 112 Å². The maximum absolute atomic E-state index is 12.9. The van der Waals surface area contributed by atoms with Crippen LogP contribution in [-0.2, 0) is 57.1 Å². The quantitative estimate of drug-likeness (QED) is 0.0378. The molecule has 0 fully saturated rings. The molecule has 0 radical (unpaired) electrons. The number of carbonyl (C=O) groups excluding carboxylic acids is 2. The minimum atomic E-state index is -4.38. The molecule has 2 heterocycles. The number of benzene rings is 2. The van der Waals surface area contributed by atoms with E-state index in [1.54, 1.807) is 50.2 Å². The van der Waals surface area contributed by atoms with E-state index in [0.717, 1.165) is 24.3 Å². The number of alkyl halides is 6. The summed E-state index contributed by atoms with van der Waals surface area (Å²) in [7, 11) is 0. The molecule has 0 saturated heterocycles. The molecule has 0 unspecified atom stereocenters. The van der Waals surface area contributed by atoms with Gasteiger partial charge in [0.25, 0.3) is 0 Å². The van der Waals surface area contributed by atoms with Crippen molar-refractivity contribution in [2.45, 2.75) is 101 Å². The second-order valence-corrected chi connectivity index (χ2v) is 14.7. The zero-order valence-corrected chi connectivity index (χ0v) is 32.3. The number of hydrogen-bond acceptors (Lipinski definition) is 8. The van der Waals surface area contributed by atoms with Gasteiger partial charge in [-0.3, -0.25) is 0 Å². The predicted molar refractivity (Wildman–Crippen MR) is 204 cm³/mol. The first-order valence-corrected chi connectivity index (χ1v) is 18.7. The highest BCUT2D eigenvalue weighted by molar-refractivity contribution is 6.29. The second-order valence-electron chi connectivity index (χ2n) is 14.7. The number of nitrogens with two attached hydrogens (primary N) is 2. The molecule has 4 N–H and O–H groups in total. The van der Waals surface area contributed by atoms with E-state index in [0.29, 0.717) is 98.4 Å². The molecule has 4 rings (SSSR count). The Hall–Kier alpha value is -5.44. The number of ether oxygens (including phenoxy) is 2. The fourth-order valence-corrected chi connectivity index (χ4v) is 5.57. The smallest absolute Gasteiger partial charge is 0.417 e. The minimum absolute atomic E-state index is 0.264. The molecule has 2 aromatic heterocycles. The maximum Gasteiger partial charge on any atom is 0.417 e. The summed E-state index contributed by atoms with van der Waals surface area (Å²) in [4.78, 5) is 24.7. The number of halogens is 6. The van der Waals surface area contributed by atoms with Crippen LogP contribution in [-0.4, -0.2) is 36.2 Å². The third-order valence-corrected chi connectivity index (χ3v) is 8.91. The summed E-state index contributed by atoms with van der Waals surface area (Å²) in [6, 6.07) is 17.4. The molecular weight excluding hydrogens is 766 g/mol. The topological polar surface area (TPSA) is 131 Å². The predicted octanol–water partition coefficient (Wildman–Crippen LogP) is 8.75. The first-order valence-electron chi connectivity index (χ1n) is 18.7. The number of aryl methyl sites for hydroxylation is 4. The van der Waals surface area contributed by atoms with Crippen molar-refractivity contribution in [3.8, 4) is 23.7 Å². The van der Waals surface area contributed by atoms with E-state index in [9.17, 15) is 35.9 Å². The summed E-state index contributed by atoms with van der Waals surface area (Å²) in [5, 5.41) is 0. The number of unbranched alkanes of at least 4 members (excludes halogenated alkanes) is 2. The van der Waals surface area contributed by atoms with Crippen molar-refractivity contribution >= 4 is 11.9 Å². The zero-order valence-electron chi connectivity index (χ0n) is 32.3. The van der Waals surface area contributed by atoms with Gasteiger partial charge < -0.3 is 29.8 Å². The minimum Gasteiger partial charge on any atom is -0.455 e. The van der Waals surface area contributed by atoms with E-state index in [4.69, 9.17) is 29.8 Å². The number of hydrogen-bond donors (Lipinski definition) is 2. The Morgan fingerprint density at radius 1 is 0.603 bits per heavy atom. The van der Waals surface area contributed by atoms with Gasteiger partial charge in [-0.25, -0.2) is 9.59 Å². The van der Waals surface area contributed by atoms with Crippen LogP contribution in [0.4, 0.5) is 26.3 Å². The third-order valence-electron chi connectivity index (χ3n) is 8.91. The number of furan rings is 2. The van der Waals surface area contributed by atoms with E-state index in [-0.39, 0.29) is 13.2 Å². The van der Waals surface area contributed by atoms with E-state index >= 15 is 0 Å². The monoisotopic (exact) mass is 812 g/mol. The largest absolute Gasteiger partial charge is 0.455 e. The van der Waals surface area contributed by atoms with Crippen LogP contribution in [0.5, 0.6) is 0 Å². The van der Waals surface area contributed by atoms with Gasteiger partial charge >= 0.3 is 24.3 Å². The molecule has 8 nitrogen and oxygen atoms in total. The second kappa shape index (κ2) is 20.3. The summed E-state index contributed by atoms with van der Waals surface area (Å²) in [6.45, 7) is 2.79. The van der Waals surface area contributed by atoms with Crippen molar-refractivity contribution in [3.05, 3.63) is 118 Å². The molecule has 310 valence electrons. The standard InChI is InChI=1S/C44H46F6N2O6/c1-41(51,25-23-37-21-19-35(57-37)17-7-3-5-11-31-13-9-15-33(27-31)43(45,46)47)29-55-39(53)40(54)56-30-42(2,52)26-24-38-22-20-36(58-38)18-8-4-6-12-32-14-10-16-34(28-32)44(48,49)50/h9-10,13-16,19-22,27-28H,3-6,11-12,23-26,29-30,51-52H2,1-2H3/t41-,42-/m1/s1. The highest BCUT2D eigenvalue weighted by atomic mass is 19.4. The van der Waals surface area contributed by atoms with Gasteiger partial charge in [0, 0.05) is 36.8 Å². The molecule has 2 aromatic carbocycles.